The second kappa shape index (κ2) is 7.84. The van der Waals surface area contributed by atoms with Gasteiger partial charge in [0.15, 0.2) is 18.1 Å². The molecule has 2 aromatic carbocycles. The number of amides is 1. The normalized spacial score (nSPS) is 15.9. The smallest absolute Gasteiger partial charge is 0.261 e. The molecule has 0 bridgehead atoms. The van der Waals surface area contributed by atoms with Crippen LogP contribution in [0, 0.1) is 0 Å². The predicted molar refractivity (Wildman–Crippen MR) is 107 cm³/mol. The molecule has 4 nitrogen and oxygen atoms in total. The number of hydrogen-bond donors (Lipinski definition) is 0. The molecule has 5 heteroatoms. The van der Waals surface area contributed by atoms with Crippen molar-refractivity contribution in [1.82, 2.24) is 4.90 Å². The first-order valence-electron chi connectivity index (χ1n) is 8.94. The van der Waals surface area contributed by atoms with Crippen LogP contribution < -0.4 is 9.47 Å². The quantitative estimate of drug-likeness (QED) is 0.663. The molecule has 0 N–H and O–H groups in total. The Kier molecular flexibility index (Phi) is 5.12. The number of thiophene rings is 1. The Labute approximate surface area is 163 Å². The van der Waals surface area contributed by atoms with Crippen molar-refractivity contribution in [2.45, 2.75) is 12.5 Å². The zero-order valence-electron chi connectivity index (χ0n) is 15.1. The van der Waals surface area contributed by atoms with Crippen LogP contribution in [-0.2, 0) is 11.2 Å². The van der Waals surface area contributed by atoms with Crippen LogP contribution in [0.15, 0.2) is 66.0 Å². The van der Waals surface area contributed by atoms with E-state index in [1.54, 1.807) is 18.4 Å². The Morgan fingerprint density at radius 3 is 2.59 bits per heavy atom. The van der Waals surface area contributed by atoms with E-state index in [4.69, 9.17) is 9.47 Å². The maximum Gasteiger partial charge on any atom is 0.261 e. The van der Waals surface area contributed by atoms with Crippen molar-refractivity contribution >= 4 is 17.2 Å². The van der Waals surface area contributed by atoms with Gasteiger partial charge < -0.3 is 14.4 Å². The highest BCUT2D eigenvalue weighted by molar-refractivity contribution is 7.10. The topological polar surface area (TPSA) is 38.8 Å². The van der Waals surface area contributed by atoms with Gasteiger partial charge in [0.2, 0.25) is 0 Å². The first-order valence-corrected chi connectivity index (χ1v) is 9.82. The Balaban J connectivity index is 1.57. The number of benzene rings is 2. The second-order valence-corrected chi connectivity index (χ2v) is 7.39. The number of hydrogen-bond acceptors (Lipinski definition) is 4. The second-order valence-electron chi connectivity index (χ2n) is 6.39. The Morgan fingerprint density at radius 1 is 1.07 bits per heavy atom. The third-order valence-corrected chi connectivity index (χ3v) is 5.82. The molecule has 4 rings (SSSR count). The summed E-state index contributed by atoms with van der Waals surface area (Å²) in [4.78, 5) is 16.3. The molecule has 1 aromatic heterocycles. The van der Waals surface area contributed by atoms with Gasteiger partial charge in [0.25, 0.3) is 5.91 Å². The molecule has 0 fully saturated rings. The Hall–Kier alpha value is -2.79. The van der Waals surface area contributed by atoms with Gasteiger partial charge in [0, 0.05) is 11.4 Å². The largest absolute Gasteiger partial charge is 0.493 e. The van der Waals surface area contributed by atoms with Gasteiger partial charge in [0.1, 0.15) is 0 Å². The van der Waals surface area contributed by atoms with Crippen molar-refractivity contribution in [3.8, 4) is 11.5 Å². The fraction of sp³-hybridized carbons (Fsp3) is 0.227. The van der Waals surface area contributed by atoms with Gasteiger partial charge >= 0.3 is 0 Å². The van der Waals surface area contributed by atoms with Gasteiger partial charge in [-0.2, -0.15) is 0 Å². The Morgan fingerprint density at radius 2 is 1.81 bits per heavy atom. The van der Waals surface area contributed by atoms with Crippen LogP contribution in [0.4, 0.5) is 0 Å². The van der Waals surface area contributed by atoms with E-state index in [0.29, 0.717) is 18.0 Å². The van der Waals surface area contributed by atoms with Crippen LogP contribution in [-0.4, -0.2) is 31.1 Å². The van der Waals surface area contributed by atoms with Gasteiger partial charge in [-0.05, 0) is 41.1 Å². The van der Waals surface area contributed by atoms with Gasteiger partial charge in [-0.3, -0.25) is 4.79 Å². The van der Waals surface area contributed by atoms with Crippen LogP contribution in [0.3, 0.4) is 0 Å². The summed E-state index contributed by atoms with van der Waals surface area (Å²) in [5.41, 5.74) is 2.35. The number of para-hydroxylation sites is 2. The number of ether oxygens (including phenoxy) is 2. The molecule has 0 radical (unpaired) electrons. The number of fused-ring (bicyclic) bond motifs is 1. The monoisotopic (exact) mass is 379 g/mol. The number of carbonyl (C=O) groups excluding carboxylic acids is 1. The predicted octanol–water partition coefficient (Wildman–Crippen LogP) is 4.31. The van der Waals surface area contributed by atoms with Crippen molar-refractivity contribution in [1.29, 1.82) is 0 Å². The van der Waals surface area contributed by atoms with Gasteiger partial charge in [-0.25, -0.2) is 0 Å². The van der Waals surface area contributed by atoms with Crippen molar-refractivity contribution < 1.29 is 14.3 Å². The first kappa shape index (κ1) is 17.6. The molecule has 3 aromatic rings. The third-order valence-electron chi connectivity index (χ3n) is 4.82. The molecule has 0 unspecified atom stereocenters. The lowest BCUT2D eigenvalue weighted by Gasteiger charge is -2.36. The summed E-state index contributed by atoms with van der Waals surface area (Å²) in [7, 11) is 1.60. The average molecular weight is 379 g/mol. The van der Waals surface area contributed by atoms with E-state index in [2.05, 4.69) is 23.6 Å². The SMILES string of the molecule is COc1ccccc1OCC(=O)N1CCc2sccc2[C@H]1c1ccccc1. The maximum atomic E-state index is 13.0. The van der Waals surface area contributed by atoms with E-state index in [-0.39, 0.29) is 18.6 Å². The molecule has 1 amide bonds. The van der Waals surface area contributed by atoms with Gasteiger partial charge in [-0.1, -0.05) is 42.5 Å². The van der Waals surface area contributed by atoms with E-state index in [0.717, 1.165) is 12.0 Å². The molecule has 27 heavy (non-hydrogen) atoms. The van der Waals surface area contributed by atoms with Crippen LogP contribution in [0.25, 0.3) is 0 Å². The van der Waals surface area contributed by atoms with Crippen LogP contribution >= 0.6 is 11.3 Å². The minimum absolute atomic E-state index is 0.0107. The van der Waals surface area contributed by atoms with E-state index in [1.165, 1.54) is 10.4 Å². The van der Waals surface area contributed by atoms with Crippen molar-refractivity contribution in [3.63, 3.8) is 0 Å². The molecular formula is C22H21NO3S. The summed E-state index contributed by atoms with van der Waals surface area (Å²) < 4.78 is 11.1. The standard InChI is InChI=1S/C22H21NO3S/c1-25-18-9-5-6-10-19(18)26-15-21(24)23-13-11-20-17(12-14-27-20)22(23)16-7-3-2-4-8-16/h2-10,12,14,22H,11,13,15H2,1H3/t22-/m1/s1. The lowest BCUT2D eigenvalue weighted by Crippen LogP contribution is -2.42. The third kappa shape index (κ3) is 3.55. The van der Waals surface area contributed by atoms with Crippen LogP contribution in [0.1, 0.15) is 22.0 Å². The van der Waals surface area contributed by atoms with E-state index in [1.807, 2.05) is 47.4 Å². The van der Waals surface area contributed by atoms with Crippen molar-refractivity contribution in [2.75, 3.05) is 20.3 Å². The lowest BCUT2D eigenvalue weighted by atomic mass is 9.93. The highest BCUT2D eigenvalue weighted by atomic mass is 32.1. The zero-order chi connectivity index (χ0) is 18.6. The fourth-order valence-corrected chi connectivity index (χ4v) is 4.44. The summed E-state index contributed by atoms with van der Waals surface area (Å²) in [6, 6.07) is 19.7. The highest BCUT2D eigenvalue weighted by Gasteiger charge is 2.32. The van der Waals surface area contributed by atoms with E-state index in [9.17, 15) is 4.79 Å². The molecule has 0 spiro atoms. The summed E-state index contributed by atoms with van der Waals surface area (Å²) in [5, 5.41) is 2.11. The summed E-state index contributed by atoms with van der Waals surface area (Å²) in [5.74, 6) is 1.19. The van der Waals surface area contributed by atoms with Crippen LogP contribution in [0.5, 0.6) is 11.5 Å². The summed E-state index contributed by atoms with van der Waals surface area (Å²) >= 11 is 1.77. The van der Waals surface area contributed by atoms with E-state index >= 15 is 0 Å². The van der Waals surface area contributed by atoms with Gasteiger partial charge in [0.05, 0.1) is 13.2 Å². The fourth-order valence-electron chi connectivity index (χ4n) is 3.54. The average Bonchev–Trinajstić information content (AvgIpc) is 3.21. The highest BCUT2D eigenvalue weighted by Crippen LogP contribution is 2.37. The molecular weight excluding hydrogens is 358 g/mol. The number of carbonyl (C=O) groups is 1. The molecule has 1 aliphatic rings. The number of methoxy groups -OCH3 is 1. The number of rotatable bonds is 5. The molecule has 1 aliphatic heterocycles. The van der Waals surface area contributed by atoms with Crippen molar-refractivity contribution in [3.05, 3.63) is 82.0 Å². The summed E-state index contributed by atoms with van der Waals surface area (Å²) in [6.45, 7) is 0.685. The minimum Gasteiger partial charge on any atom is -0.493 e. The Bertz CT molecular complexity index is 922. The molecule has 2 heterocycles. The summed E-state index contributed by atoms with van der Waals surface area (Å²) in [6.07, 6.45) is 0.886. The lowest BCUT2D eigenvalue weighted by molar-refractivity contribution is -0.135. The maximum absolute atomic E-state index is 13.0. The first-order chi connectivity index (χ1) is 13.3. The zero-order valence-corrected chi connectivity index (χ0v) is 15.9. The van der Waals surface area contributed by atoms with E-state index < -0.39 is 0 Å². The molecule has 0 saturated carbocycles. The van der Waals surface area contributed by atoms with Crippen LogP contribution in [0.2, 0.25) is 0 Å². The molecule has 138 valence electrons. The molecule has 0 saturated heterocycles. The van der Waals surface area contributed by atoms with Crippen molar-refractivity contribution in [2.24, 2.45) is 0 Å². The minimum atomic E-state index is -0.0602. The molecule has 0 aliphatic carbocycles. The molecule has 1 atom stereocenters. The van der Waals surface area contributed by atoms with Gasteiger partial charge in [-0.15, -0.1) is 11.3 Å². The number of nitrogens with zero attached hydrogens (tertiary/aromatic N) is 1.